The summed E-state index contributed by atoms with van der Waals surface area (Å²) >= 11 is 5.70. The Balaban J connectivity index is 1.57. The van der Waals surface area contributed by atoms with Crippen molar-refractivity contribution in [1.29, 1.82) is 0 Å². The highest BCUT2D eigenvalue weighted by molar-refractivity contribution is 6.30. The lowest BCUT2D eigenvalue weighted by Gasteiger charge is -2.13. The van der Waals surface area contributed by atoms with Crippen LogP contribution in [0.3, 0.4) is 0 Å². The second kappa shape index (κ2) is 7.51. The van der Waals surface area contributed by atoms with Crippen molar-refractivity contribution in [2.45, 2.75) is 12.8 Å². The summed E-state index contributed by atoms with van der Waals surface area (Å²) in [6.07, 6.45) is -4.83. The van der Waals surface area contributed by atoms with Gasteiger partial charge >= 0.3 is 12.3 Å². The zero-order valence-electron chi connectivity index (χ0n) is 14.3. The molecule has 0 aliphatic rings. The minimum atomic E-state index is -4.65. The lowest BCUT2D eigenvalue weighted by molar-refractivity contribution is -0.137. The molecule has 0 amide bonds. The van der Waals surface area contributed by atoms with E-state index in [9.17, 15) is 13.2 Å². The lowest BCUT2D eigenvalue weighted by atomic mass is 10.1. The van der Waals surface area contributed by atoms with E-state index in [4.69, 9.17) is 20.8 Å². The minimum absolute atomic E-state index is 0.00252. The number of hydrogen-bond acceptors (Lipinski definition) is 7. The number of hydrogen-bond donors (Lipinski definition) is 0. The van der Waals surface area contributed by atoms with Gasteiger partial charge in [0.15, 0.2) is 12.4 Å². The lowest BCUT2D eigenvalue weighted by Crippen LogP contribution is -2.14. The number of alkyl halides is 3. The SMILES string of the molecule is FC(F)(F)c1cc(Cl)ccc1-n1nnnc1COc1nnc(-c2ccccc2)o1. The van der Waals surface area contributed by atoms with Gasteiger partial charge in [0.1, 0.15) is 0 Å². The molecule has 12 heteroatoms. The van der Waals surface area contributed by atoms with Crippen molar-refractivity contribution < 1.29 is 22.3 Å². The van der Waals surface area contributed by atoms with Crippen LogP contribution in [0.15, 0.2) is 52.9 Å². The average molecular weight is 423 g/mol. The van der Waals surface area contributed by atoms with Gasteiger partial charge in [0.2, 0.25) is 0 Å². The summed E-state index contributed by atoms with van der Waals surface area (Å²) in [4.78, 5) is 0. The largest absolute Gasteiger partial charge is 0.441 e. The van der Waals surface area contributed by atoms with E-state index in [1.54, 1.807) is 24.3 Å². The van der Waals surface area contributed by atoms with E-state index in [0.717, 1.165) is 10.7 Å². The molecule has 0 N–H and O–H groups in total. The molecule has 2 aromatic carbocycles. The van der Waals surface area contributed by atoms with Crippen molar-refractivity contribution in [1.82, 2.24) is 30.4 Å². The molecule has 0 atom stereocenters. The van der Waals surface area contributed by atoms with Gasteiger partial charge in [0, 0.05) is 10.6 Å². The van der Waals surface area contributed by atoms with Crippen LogP contribution < -0.4 is 4.74 Å². The molecule has 8 nitrogen and oxygen atoms in total. The maximum atomic E-state index is 13.4. The third-order valence-electron chi connectivity index (χ3n) is 3.78. The van der Waals surface area contributed by atoms with Gasteiger partial charge < -0.3 is 9.15 Å². The Bertz CT molecular complexity index is 1130. The molecule has 0 radical (unpaired) electrons. The molecular formula is C17H10ClF3N6O2. The van der Waals surface area contributed by atoms with Crippen LogP contribution in [0.2, 0.25) is 5.02 Å². The molecule has 0 fully saturated rings. The Morgan fingerprint density at radius 3 is 2.59 bits per heavy atom. The standard InChI is InChI=1S/C17H10ClF3N6O2/c18-11-6-7-13(12(8-11)17(19,20)21)27-14(22-25-26-27)9-28-16-24-23-15(29-16)10-4-2-1-3-5-10/h1-8H,9H2. The van der Waals surface area contributed by atoms with Gasteiger partial charge in [-0.15, -0.1) is 10.2 Å². The minimum Gasteiger partial charge on any atom is -0.441 e. The molecule has 0 unspecified atom stereocenters. The van der Waals surface area contributed by atoms with Crippen molar-refractivity contribution >= 4 is 11.6 Å². The van der Waals surface area contributed by atoms with E-state index in [2.05, 4.69) is 25.7 Å². The Hall–Kier alpha value is -3.47. The number of aromatic nitrogens is 6. The number of tetrazole rings is 1. The van der Waals surface area contributed by atoms with Crippen LogP contribution in [0, 0.1) is 0 Å². The molecule has 0 aliphatic heterocycles. The first kappa shape index (κ1) is 18.9. The predicted molar refractivity (Wildman–Crippen MR) is 93.2 cm³/mol. The summed E-state index contributed by atoms with van der Waals surface area (Å²) in [5.41, 5.74) is -0.584. The Morgan fingerprint density at radius 1 is 1.03 bits per heavy atom. The first-order valence-corrected chi connectivity index (χ1v) is 8.46. The van der Waals surface area contributed by atoms with Crippen LogP contribution in [-0.2, 0) is 12.8 Å². The molecular weight excluding hydrogens is 413 g/mol. The van der Waals surface area contributed by atoms with E-state index in [1.807, 2.05) is 6.07 Å². The normalized spacial score (nSPS) is 11.6. The van der Waals surface area contributed by atoms with E-state index in [-0.39, 0.29) is 35.1 Å². The van der Waals surface area contributed by atoms with Gasteiger partial charge in [-0.25, -0.2) is 0 Å². The van der Waals surface area contributed by atoms with E-state index in [1.165, 1.54) is 12.1 Å². The number of ether oxygens (including phenoxy) is 1. The Kier molecular flexibility index (Phi) is 4.89. The molecule has 4 rings (SSSR count). The van der Waals surface area contributed by atoms with E-state index in [0.29, 0.717) is 5.56 Å². The summed E-state index contributed by atoms with van der Waals surface area (Å²) in [6, 6.07) is 12.3. The van der Waals surface area contributed by atoms with Crippen molar-refractivity contribution in [2.75, 3.05) is 0 Å². The topological polar surface area (TPSA) is 91.8 Å². The Morgan fingerprint density at radius 2 is 1.83 bits per heavy atom. The molecule has 148 valence electrons. The van der Waals surface area contributed by atoms with E-state index >= 15 is 0 Å². The monoisotopic (exact) mass is 422 g/mol. The summed E-state index contributed by atoms with van der Waals surface area (Å²) in [6.45, 7) is -0.302. The van der Waals surface area contributed by atoms with Crippen LogP contribution in [0.25, 0.3) is 17.1 Å². The zero-order chi connectivity index (χ0) is 20.4. The number of halogens is 4. The zero-order valence-corrected chi connectivity index (χ0v) is 15.1. The molecule has 2 heterocycles. The van der Waals surface area contributed by atoms with Crippen molar-refractivity contribution in [3.63, 3.8) is 0 Å². The maximum Gasteiger partial charge on any atom is 0.418 e. The molecule has 0 bridgehead atoms. The molecule has 4 aromatic rings. The summed E-state index contributed by atoms with van der Waals surface area (Å²) in [7, 11) is 0. The first-order valence-electron chi connectivity index (χ1n) is 8.08. The van der Waals surface area contributed by atoms with Crippen LogP contribution in [0.5, 0.6) is 6.08 Å². The molecule has 2 aromatic heterocycles. The summed E-state index contributed by atoms with van der Waals surface area (Å²) < 4.78 is 51.7. The number of rotatable bonds is 5. The fraction of sp³-hybridized carbons (Fsp3) is 0.118. The van der Waals surface area contributed by atoms with Crippen LogP contribution in [-0.4, -0.2) is 30.4 Å². The van der Waals surface area contributed by atoms with Crippen LogP contribution >= 0.6 is 11.6 Å². The quantitative estimate of drug-likeness (QED) is 0.480. The molecule has 29 heavy (non-hydrogen) atoms. The fourth-order valence-electron chi connectivity index (χ4n) is 2.49. The van der Waals surface area contributed by atoms with Gasteiger partial charge in [-0.3, -0.25) is 0 Å². The highest BCUT2D eigenvalue weighted by atomic mass is 35.5. The van der Waals surface area contributed by atoms with Gasteiger partial charge in [-0.1, -0.05) is 34.9 Å². The first-order chi connectivity index (χ1) is 13.9. The van der Waals surface area contributed by atoms with Crippen molar-refractivity contribution in [3.05, 3.63) is 64.9 Å². The third-order valence-corrected chi connectivity index (χ3v) is 4.01. The van der Waals surface area contributed by atoms with Crippen molar-refractivity contribution in [3.8, 4) is 23.2 Å². The smallest absolute Gasteiger partial charge is 0.418 e. The molecule has 0 aliphatic carbocycles. The molecule has 0 saturated carbocycles. The third kappa shape index (κ3) is 4.04. The molecule has 0 spiro atoms. The summed E-state index contributed by atoms with van der Waals surface area (Å²) in [5.74, 6) is 0.231. The number of nitrogens with zero attached hydrogens (tertiary/aromatic N) is 6. The maximum absolute atomic E-state index is 13.4. The van der Waals surface area contributed by atoms with Gasteiger partial charge in [0.05, 0.1) is 11.3 Å². The Labute approximate surface area is 165 Å². The van der Waals surface area contributed by atoms with Crippen molar-refractivity contribution in [2.24, 2.45) is 0 Å². The summed E-state index contributed by atoms with van der Waals surface area (Å²) in [5, 5.41) is 18.3. The molecule has 0 saturated heterocycles. The highest BCUT2D eigenvalue weighted by Crippen LogP contribution is 2.35. The van der Waals surface area contributed by atoms with Gasteiger partial charge in [-0.2, -0.15) is 17.9 Å². The second-order valence-corrected chi connectivity index (χ2v) is 6.13. The van der Waals surface area contributed by atoms with Gasteiger partial charge in [0.25, 0.3) is 5.89 Å². The fourth-order valence-corrected chi connectivity index (χ4v) is 2.67. The van der Waals surface area contributed by atoms with Crippen LogP contribution in [0.4, 0.5) is 13.2 Å². The van der Waals surface area contributed by atoms with E-state index < -0.39 is 11.7 Å². The second-order valence-electron chi connectivity index (χ2n) is 5.69. The van der Waals surface area contributed by atoms with Gasteiger partial charge in [-0.05, 0) is 40.8 Å². The number of benzene rings is 2. The average Bonchev–Trinajstić information content (AvgIpc) is 3.36. The predicted octanol–water partition coefficient (Wildman–Crippen LogP) is 3.96. The highest BCUT2D eigenvalue weighted by Gasteiger charge is 2.35. The van der Waals surface area contributed by atoms with Crippen LogP contribution in [0.1, 0.15) is 11.4 Å².